The van der Waals surface area contributed by atoms with Crippen LogP contribution in [0, 0.1) is 5.82 Å². The Labute approximate surface area is 107 Å². The smallest absolute Gasteiger partial charge is 0.358 e. The number of nitrogens with zero attached hydrogens (tertiary/aromatic N) is 1. The number of carboxylic acid groups (broad SMARTS) is 1. The molecule has 18 heavy (non-hydrogen) atoms. The highest BCUT2D eigenvalue weighted by molar-refractivity contribution is 6.30. The predicted molar refractivity (Wildman–Crippen MR) is 62.7 cm³/mol. The van der Waals surface area contributed by atoms with Crippen molar-refractivity contribution in [2.24, 2.45) is 0 Å². The summed E-state index contributed by atoms with van der Waals surface area (Å²) in [6.45, 7) is 0. The molecule has 0 spiro atoms. The van der Waals surface area contributed by atoms with Crippen LogP contribution in [0.2, 0.25) is 5.02 Å². The quantitative estimate of drug-likeness (QED) is 0.926. The molecule has 1 N–H and O–H groups in total. The van der Waals surface area contributed by atoms with Crippen LogP contribution in [-0.2, 0) is 0 Å². The zero-order valence-electron chi connectivity index (χ0n) is 8.93. The van der Waals surface area contributed by atoms with Crippen molar-refractivity contribution in [3.05, 3.63) is 53.1 Å². The van der Waals surface area contributed by atoms with Gasteiger partial charge in [0.15, 0.2) is 11.4 Å². The maximum absolute atomic E-state index is 13.2. The van der Waals surface area contributed by atoms with E-state index in [1.54, 1.807) is 0 Å². The summed E-state index contributed by atoms with van der Waals surface area (Å²) in [5.41, 5.74) is -0.243. The van der Waals surface area contributed by atoms with Crippen molar-refractivity contribution in [1.82, 2.24) is 4.98 Å². The van der Waals surface area contributed by atoms with Crippen molar-refractivity contribution in [2.75, 3.05) is 0 Å². The minimum absolute atomic E-state index is 0.0340. The molecule has 2 aromatic rings. The van der Waals surface area contributed by atoms with Gasteiger partial charge in [-0.15, -0.1) is 0 Å². The zero-order valence-corrected chi connectivity index (χ0v) is 9.69. The maximum atomic E-state index is 13.2. The Morgan fingerprint density at radius 1 is 1.39 bits per heavy atom. The van der Waals surface area contributed by atoms with Crippen LogP contribution in [0.1, 0.15) is 10.5 Å². The molecule has 1 aromatic carbocycles. The van der Waals surface area contributed by atoms with Gasteiger partial charge in [-0.2, -0.15) is 0 Å². The van der Waals surface area contributed by atoms with E-state index >= 15 is 0 Å². The van der Waals surface area contributed by atoms with Crippen LogP contribution in [-0.4, -0.2) is 16.1 Å². The predicted octanol–water partition coefficient (Wildman–Crippen LogP) is 3.36. The molecule has 0 bridgehead atoms. The van der Waals surface area contributed by atoms with E-state index in [1.807, 2.05) is 0 Å². The highest BCUT2D eigenvalue weighted by Crippen LogP contribution is 2.26. The topological polar surface area (TPSA) is 59.4 Å². The van der Waals surface area contributed by atoms with Crippen molar-refractivity contribution in [1.29, 1.82) is 0 Å². The van der Waals surface area contributed by atoms with E-state index in [9.17, 15) is 9.18 Å². The second-order valence-corrected chi connectivity index (χ2v) is 3.74. The molecule has 0 saturated carbocycles. The van der Waals surface area contributed by atoms with Crippen LogP contribution in [0.3, 0.4) is 0 Å². The van der Waals surface area contributed by atoms with E-state index in [1.165, 1.54) is 30.5 Å². The molecule has 0 fully saturated rings. The van der Waals surface area contributed by atoms with E-state index in [0.717, 1.165) is 6.07 Å². The fourth-order valence-corrected chi connectivity index (χ4v) is 1.42. The SMILES string of the molecule is O=C(O)c1ncccc1Oc1ccc(Cl)c(F)c1. The van der Waals surface area contributed by atoms with Gasteiger partial charge in [-0.05, 0) is 24.3 Å². The lowest BCUT2D eigenvalue weighted by atomic mass is 10.3. The molecule has 4 nitrogen and oxygen atoms in total. The largest absolute Gasteiger partial charge is 0.476 e. The number of hydrogen-bond acceptors (Lipinski definition) is 3. The van der Waals surface area contributed by atoms with Crippen LogP contribution in [0.15, 0.2) is 36.5 Å². The molecule has 6 heteroatoms. The lowest BCUT2D eigenvalue weighted by Crippen LogP contribution is -2.02. The summed E-state index contributed by atoms with van der Waals surface area (Å²) in [7, 11) is 0. The Morgan fingerprint density at radius 2 is 2.17 bits per heavy atom. The number of aromatic carboxylic acids is 1. The number of pyridine rings is 1. The van der Waals surface area contributed by atoms with Gasteiger partial charge in [0.05, 0.1) is 5.02 Å². The lowest BCUT2D eigenvalue weighted by molar-refractivity contribution is 0.0687. The zero-order chi connectivity index (χ0) is 13.1. The third-order valence-electron chi connectivity index (χ3n) is 2.09. The second kappa shape index (κ2) is 5.01. The van der Waals surface area contributed by atoms with E-state index in [-0.39, 0.29) is 22.2 Å². The molecular formula is C12H7ClFNO3. The molecule has 0 aliphatic rings. The third-order valence-corrected chi connectivity index (χ3v) is 2.40. The number of hydrogen-bond donors (Lipinski definition) is 1. The van der Waals surface area contributed by atoms with Crippen molar-refractivity contribution < 1.29 is 19.0 Å². The molecule has 92 valence electrons. The number of halogens is 2. The standard InChI is InChI=1S/C12H7ClFNO3/c13-8-4-3-7(6-9(8)14)18-10-2-1-5-15-11(10)12(16)17/h1-6H,(H,16,17). The van der Waals surface area contributed by atoms with Crippen molar-refractivity contribution in [3.8, 4) is 11.5 Å². The van der Waals surface area contributed by atoms with Gasteiger partial charge in [0.25, 0.3) is 0 Å². The van der Waals surface area contributed by atoms with Crippen LogP contribution in [0.4, 0.5) is 4.39 Å². The molecule has 1 heterocycles. The van der Waals surface area contributed by atoms with Gasteiger partial charge in [0.1, 0.15) is 11.6 Å². The average molecular weight is 268 g/mol. The van der Waals surface area contributed by atoms with Crippen molar-refractivity contribution >= 4 is 17.6 Å². The van der Waals surface area contributed by atoms with Gasteiger partial charge in [0, 0.05) is 12.3 Å². The molecule has 0 radical (unpaired) electrons. The second-order valence-electron chi connectivity index (χ2n) is 3.33. The summed E-state index contributed by atoms with van der Waals surface area (Å²) in [5.74, 6) is -1.69. The molecule has 0 amide bonds. The average Bonchev–Trinajstić information content (AvgIpc) is 2.34. The molecule has 0 saturated heterocycles. The Balaban J connectivity index is 2.34. The monoisotopic (exact) mass is 267 g/mol. The number of rotatable bonds is 3. The third kappa shape index (κ3) is 2.57. The van der Waals surface area contributed by atoms with Crippen LogP contribution >= 0.6 is 11.6 Å². The van der Waals surface area contributed by atoms with Crippen LogP contribution in [0.5, 0.6) is 11.5 Å². The first kappa shape index (κ1) is 12.3. The molecular weight excluding hydrogens is 261 g/mol. The first-order valence-corrected chi connectivity index (χ1v) is 5.27. The van der Waals surface area contributed by atoms with Crippen LogP contribution < -0.4 is 4.74 Å². The van der Waals surface area contributed by atoms with Gasteiger partial charge in [-0.25, -0.2) is 14.2 Å². The van der Waals surface area contributed by atoms with Gasteiger partial charge < -0.3 is 9.84 Å². The summed E-state index contributed by atoms with van der Waals surface area (Å²) in [6, 6.07) is 6.78. The number of carboxylic acids is 1. The van der Waals surface area contributed by atoms with Crippen molar-refractivity contribution in [3.63, 3.8) is 0 Å². The fourth-order valence-electron chi connectivity index (χ4n) is 1.30. The maximum Gasteiger partial charge on any atom is 0.358 e. The number of carbonyl (C=O) groups is 1. The fraction of sp³-hybridized carbons (Fsp3) is 0. The van der Waals surface area contributed by atoms with Gasteiger partial charge in [0.2, 0.25) is 0 Å². The number of ether oxygens (including phenoxy) is 1. The van der Waals surface area contributed by atoms with E-state index < -0.39 is 11.8 Å². The molecule has 0 aliphatic heterocycles. The van der Waals surface area contributed by atoms with Gasteiger partial charge in [-0.3, -0.25) is 0 Å². The number of benzene rings is 1. The Hall–Kier alpha value is -2.14. The summed E-state index contributed by atoms with van der Waals surface area (Å²) in [4.78, 5) is 14.6. The summed E-state index contributed by atoms with van der Waals surface area (Å²) < 4.78 is 18.5. The Morgan fingerprint density at radius 3 is 2.83 bits per heavy atom. The van der Waals surface area contributed by atoms with E-state index in [2.05, 4.69) is 4.98 Å². The minimum atomic E-state index is -1.22. The Kier molecular flexibility index (Phi) is 3.43. The molecule has 0 atom stereocenters. The van der Waals surface area contributed by atoms with Gasteiger partial charge >= 0.3 is 5.97 Å². The van der Waals surface area contributed by atoms with Crippen molar-refractivity contribution in [2.45, 2.75) is 0 Å². The Bertz CT molecular complexity index is 604. The van der Waals surface area contributed by atoms with E-state index in [4.69, 9.17) is 21.4 Å². The van der Waals surface area contributed by atoms with E-state index in [0.29, 0.717) is 0 Å². The normalized spacial score (nSPS) is 10.1. The highest BCUT2D eigenvalue weighted by atomic mass is 35.5. The molecule has 2 rings (SSSR count). The molecule has 0 unspecified atom stereocenters. The first-order valence-electron chi connectivity index (χ1n) is 4.89. The summed E-state index contributed by atoms with van der Waals surface area (Å²) in [6.07, 6.45) is 1.33. The summed E-state index contributed by atoms with van der Waals surface area (Å²) >= 11 is 5.53. The van der Waals surface area contributed by atoms with Gasteiger partial charge in [-0.1, -0.05) is 11.6 Å². The number of aromatic nitrogens is 1. The van der Waals surface area contributed by atoms with Crippen LogP contribution in [0.25, 0.3) is 0 Å². The first-order chi connectivity index (χ1) is 8.58. The molecule has 1 aromatic heterocycles. The minimum Gasteiger partial charge on any atom is -0.476 e. The highest BCUT2D eigenvalue weighted by Gasteiger charge is 2.13. The lowest BCUT2D eigenvalue weighted by Gasteiger charge is -2.07. The summed E-state index contributed by atoms with van der Waals surface area (Å²) in [5, 5.41) is 8.87. The molecule has 0 aliphatic carbocycles.